The fraction of sp³-hybridized carbons (Fsp3) is 0.846. The van der Waals surface area contributed by atoms with Gasteiger partial charge in [-0.3, -0.25) is 0 Å². The van der Waals surface area contributed by atoms with Gasteiger partial charge in [-0.1, -0.05) is 20.8 Å². The molecule has 1 rings (SSSR count). The Labute approximate surface area is 103 Å². The number of carbonyl (C=O) groups is 2. The van der Waals surface area contributed by atoms with Crippen LogP contribution in [0, 0.1) is 5.41 Å². The van der Waals surface area contributed by atoms with E-state index in [1.54, 1.807) is 0 Å². The minimum absolute atomic E-state index is 0.294. The molecule has 0 bridgehead atoms. The largest absolute Gasteiger partial charge is 0.443 e. The van der Waals surface area contributed by atoms with Crippen LogP contribution in [0.25, 0.3) is 0 Å². The van der Waals surface area contributed by atoms with Gasteiger partial charge in [-0.05, 0) is 38.0 Å². The summed E-state index contributed by atoms with van der Waals surface area (Å²) in [7, 11) is 0. The standard InChI is InChI=1S/C13H23NO3/c1-12(2,3)10(9-15)14-11(16)17-13(4)7-5-6-8-13/h9-10H,5-8H2,1-4H3,(H,14,16)/t10-/m1/s1. The summed E-state index contributed by atoms with van der Waals surface area (Å²) >= 11 is 0. The van der Waals surface area contributed by atoms with E-state index in [2.05, 4.69) is 5.32 Å². The first-order chi connectivity index (χ1) is 7.77. The van der Waals surface area contributed by atoms with Crippen LogP contribution in [0.2, 0.25) is 0 Å². The molecule has 0 spiro atoms. The molecule has 1 saturated carbocycles. The van der Waals surface area contributed by atoms with Crippen LogP contribution in [-0.2, 0) is 9.53 Å². The van der Waals surface area contributed by atoms with Crippen molar-refractivity contribution in [2.75, 3.05) is 0 Å². The Kier molecular flexibility index (Phi) is 4.17. The highest BCUT2D eigenvalue weighted by Crippen LogP contribution is 2.32. The molecule has 0 aromatic heterocycles. The number of alkyl carbamates (subject to hydrolysis) is 1. The summed E-state index contributed by atoms with van der Waals surface area (Å²) in [5.74, 6) is 0. The fourth-order valence-corrected chi connectivity index (χ4v) is 2.06. The summed E-state index contributed by atoms with van der Waals surface area (Å²) in [6, 6.07) is -0.514. The minimum atomic E-state index is -0.514. The number of amides is 1. The van der Waals surface area contributed by atoms with Crippen LogP contribution in [0.1, 0.15) is 53.4 Å². The van der Waals surface area contributed by atoms with Crippen LogP contribution in [0.4, 0.5) is 4.79 Å². The molecule has 0 heterocycles. The molecule has 98 valence electrons. The second-order valence-corrected chi connectivity index (χ2v) is 6.17. The van der Waals surface area contributed by atoms with Crippen LogP contribution >= 0.6 is 0 Å². The van der Waals surface area contributed by atoms with Crippen molar-refractivity contribution in [1.29, 1.82) is 0 Å². The first kappa shape index (κ1) is 14.0. The maximum atomic E-state index is 11.7. The van der Waals surface area contributed by atoms with Gasteiger partial charge in [0, 0.05) is 0 Å². The topological polar surface area (TPSA) is 55.4 Å². The summed E-state index contributed by atoms with van der Waals surface area (Å²) in [5.41, 5.74) is -0.646. The summed E-state index contributed by atoms with van der Waals surface area (Å²) in [6.45, 7) is 7.67. The van der Waals surface area contributed by atoms with Crippen LogP contribution in [-0.4, -0.2) is 24.0 Å². The second kappa shape index (κ2) is 5.07. The van der Waals surface area contributed by atoms with Crippen molar-refractivity contribution in [3.63, 3.8) is 0 Å². The predicted octanol–water partition coefficient (Wildman–Crippen LogP) is 2.66. The molecule has 4 nitrogen and oxygen atoms in total. The van der Waals surface area contributed by atoms with Gasteiger partial charge in [0.2, 0.25) is 0 Å². The zero-order chi connectivity index (χ0) is 13.1. The zero-order valence-electron chi connectivity index (χ0n) is 11.2. The van der Waals surface area contributed by atoms with E-state index in [9.17, 15) is 9.59 Å². The number of carbonyl (C=O) groups excluding carboxylic acids is 2. The highest BCUT2D eigenvalue weighted by Gasteiger charge is 2.34. The van der Waals surface area contributed by atoms with E-state index >= 15 is 0 Å². The van der Waals surface area contributed by atoms with Crippen molar-refractivity contribution in [1.82, 2.24) is 5.32 Å². The van der Waals surface area contributed by atoms with E-state index in [-0.39, 0.29) is 11.0 Å². The first-order valence-corrected chi connectivity index (χ1v) is 6.22. The van der Waals surface area contributed by atoms with Gasteiger partial charge in [0.25, 0.3) is 0 Å². The molecule has 1 atom stereocenters. The summed E-state index contributed by atoms with van der Waals surface area (Å²) in [4.78, 5) is 22.7. The van der Waals surface area contributed by atoms with Crippen molar-refractivity contribution in [3.05, 3.63) is 0 Å². The third kappa shape index (κ3) is 4.02. The lowest BCUT2D eigenvalue weighted by molar-refractivity contribution is -0.111. The van der Waals surface area contributed by atoms with Crippen molar-refractivity contribution < 1.29 is 14.3 Å². The number of hydrogen-bond donors (Lipinski definition) is 1. The molecule has 0 aromatic carbocycles. The lowest BCUT2D eigenvalue weighted by Gasteiger charge is -2.29. The van der Waals surface area contributed by atoms with Gasteiger partial charge in [-0.15, -0.1) is 0 Å². The summed E-state index contributed by atoms with van der Waals surface area (Å²) < 4.78 is 5.42. The Morgan fingerprint density at radius 1 is 1.35 bits per heavy atom. The molecule has 0 aromatic rings. The molecule has 17 heavy (non-hydrogen) atoms. The molecule has 1 N–H and O–H groups in total. The number of rotatable bonds is 3. The van der Waals surface area contributed by atoms with Gasteiger partial charge in [0.05, 0.1) is 6.04 Å². The maximum absolute atomic E-state index is 11.7. The molecular weight excluding hydrogens is 218 g/mol. The maximum Gasteiger partial charge on any atom is 0.408 e. The molecule has 0 aliphatic heterocycles. The van der Waals surface area contributed by atoms with Crippen molar-refractivity contribution >= 4 is 12.4 Å². The molecule has 0 saturated heterocycles. The summed E-state index contributed by atoms with van der Waals surface area (Å²) in [5, 5.41) is 2.63. The zero-order valence-corrected chi connectivity index (χ0v) is 11.2. The lowest BCUT2D eigenvalue weighted by atomic mass is 9.88. The van der Waals surface area contributed by atoms with Crippen LogP contribution in [0.15, 0.2) is 0 Å². The van der Waals surface area contributed by atoms with E-state index in [1.807, 2.05) is 27.7 Å². The molecular formula is C13H23NO3. The van der Waals surface area contributed by atoms with E-state index in [0.717, 1.165) is 32.0 Å². The minimum Gasteiger partial charge on any atom is -0.443 e. The number of ether oxygens (including phenoxy) is 1. The average Bonchev–Trinajstić information content (AvgIpc) is 2.59. The first-order valence-electron chi connectivity index (χ1n) is 6.22. The average molecular weight is 241 g/mol. The molecule has 4 heteroatoms. The Morgan fingerprint density at radius 2 is 1.88 bits per heavy atom. The van der Waals surface area contributed by atoms with Crippen LogP contribution < -0.4 is 5.32 Å². The fourth-order valence-electron chi connectivity index (χ4n) is 2.06. The third-order valence-electron chi connectivity index (χ3n) is 3.34. The Hall–Kier alpha value is -1.06. The van der Waals surface area contributed by atoms with Gasteiger partial charge < -0.3 is 14.8 Å². The molecule has 1 aliphatic rings. The van der Waals surface area contributed by atoms with Gasteiger partial charge in [0.1, 0.15) is 11.9 Å². The van der Waals surface area contributed by atoms with Gasteiger partial charge in [0.15, 0.2) is 0 Å². The molecule has 0 unspecified atom stereocenters. The van der Waals surface area contributed by atoms with Crippen LogP contribution in [0.5, 0.6) is 0 Å². The molecule has 1 fully saturated rings. The third-order valence-corrected chi connectivity index (χ3v) is 3.34. The lowest BCUT2D eigenvalue weighted by Crippen LogP contribution is -2.47. The summed E-state index contributed by atoms with van der Waals surface area (Å²) in [6.07, 6.45) is 4.28. The number of aldehydes is 1. The van der Waals surface area contributed by atoms with Crippen molar-refractivity contribution in [2.24, 2.45) is 5.41 Å². The SMILES string of the molecule is CC1(OC(=O)N[C@H](C=O)C(C)(C)C)CCCC1. The van der Waals surface area contributed by atoms with E-state index in [0.29, 0.717) is 0 Å². The number of nitrogens with one attached hydrogen (secondary N) is 1. The van der Waals surface area contributed by atoms with E-state index < -0.39 is 12.1 Å². The Morgan fingerprint density at radius 3 is 2.29 bits per heavy atom. The van der Waals surface area contributed by atoms with Crippen molar-refractivity contribution in [3.8, 4) is 0 Å². The number of hydrogen-bond acceptors (Lipinski definition) is 3. The highest BCUT2D eigenvalue weighted by molar-refractivity contribution is 5.74. The monoisotopic (exact) mass is 241 g/mol. The van der Waals surface area contributed by atoms with Gasteiger partial charge in [-0.25, -0.2) is 4.79 Å². The molecule has 1 aliphatic carbocycles. The van der Waals surface area contributed by atoms with Gasteiger partial charge in [-0.2, -0.15) is 0 Å². The quantitative estimate of drug-likeness (QED) is 0.773. The molecule has 0 radical (unpaired) electrons. The normalized spacial score (nSPS) is 20.7. The highest BCUT2D eigenvalue weighted by atomic mass is 16.6. The van der Waals surface area contributed by atoms with E-state index in [4.69, 9.17) is 4.74 Å². The van der Waals surface area contributed by atoms with E-state index in [1.165, 1.54) is 0 Å². The molecule has 1 amide bonds. The van der Waals surface area contributed by atoms with Crippen molar-refractivity contribution in [2.45, 2.75) is 65.0 Å². The van der Waals surface area contributed by atoms with Crippen LogP contribution in [0.3, 0.4) is 0 Å². The Balaban J connectivity index is 2.51. The predicted molar refractivity (Wildman–Crippen MR) is 65.8 cm³/mol. The smallest absolute Gasteiger partial charge is 0.408 e. The van der Waals surface area contributed by atoms with Gasteiger partial charge >= 0.3 is 6.09 Å². The Bertz CT molecular complexity index is 288. The second-order valence-electron chi connectivity index (χ2n) is 6.17.